The number of rotatable bonds is 2. The Morgan fingerprint density at radius 2 is 2.25 bits per heavy atom. The highest BCUT2D eigenvalue weighted by Gasteiger charge is 2.09. The Labute approximate surface area is 105 Å². The van der Waals surface area contributed by atoms with Gasteiger partial charge in [0.25, 0.3) is 5.22 Å². The van der Waals surface area contributed by atoms with Crippen molar-refractivity contribution in [3.8, 4) is 6.07 Å². The second-order valence-electron chi connectivity index (χ2n) is 2.94. The first-order chi connectivity index (χ1) is 7.69. The van der Waals surface area contributed by atoms with E-state index in [0.29, 0.717) is 16.7 Å². The molecule has 0 saturated heterocycles. The van der Waals surface area contributed by atoms with Crippen LogP contribution in [0.25, 0.3) is 0 Å². The summed E-state index contributed by atoms with van der Waals surface area (Å²) in [6.07, 6.45) is 0. The van der Waals surface area contributed by atoms with Gasteiger partial charge >= 0.3 is 0 Å². The number of hydrogen-bond acceptors (Lipinski definition) is 5. The highest BCUT2D eigenvalue weighted by atomic mass is 79.9. The summed E-state index contributed by atoms with van der Waals surface area (Å²) in [5, 5.41) is 17.0. The molecule has 0 unspecified atom stereocenters. The van der Waals surface area contributed by atoms with Crippen LogP contribution in [0.2, 0.25) is 0 Å². The third-order valence-corrected chi connectivity index (χ3v) is 3.18. The van der Waals surface area contributed by atoms with E-state index >= 15 is 0 Å². The zero-order valence-corrected chi connectivity index (χ0v) is 10.7. The van der Waals surface area contributed by atoms with Crippen molar-refractivity contribution in [3.05, 3.63) is 34.1 Å². The number of halogens is 1. The highest BCUT2D eigenvalue weighted by Crippen LogP contribution is 2.30. The van der Waals surface area contributed by atoms with E-state index in [1.807, 2.05) is 12.1 Å². The van der Waals surface area contributed by atoms with Crippen LogP contribution in [0, 0.1) is 18.3 Å². The smallest absolute Gasteiger partial charge is 0.281 e. The summed E-state index contributed by atoms with van der Waals surface area (Å²) in [7, 11) is 0. The van der Waals surface area contributed by atoms with Gasteiger partial charge in [0.2, 0.25) is 5.89 Å². The van der Waals surface area contributed by atoms with Crippen LogP contribution in [0.4, 0.5) is 0 Å². The molecule has 2 rings (SSSR count). The summed E-state index contributed by atoms with van der Waals surface area (Å²) in [6.45, 7) is 1.73. The Morgan fingerprint density at radius 3 is 2.88 bits per heavy atom. The van der Waals surface area contributed by atoms with Gasteiger partial charge in [0.15, 0.2) is 0 Å². The van der Waals surface area contributed by atoms with Gasteiger partial charge < -0.3 is 4.42 Å². The molecule has 1 aromatic heterocycles. The van der Waals surface area contributed by atoms with E-state index in [1.165, 1.54) is 11.8 Å². The van der Waals surface area contributed by atoms with Crippen LogP contribution in [0.1, 0.15) is 11.5 Å². The molecule has 0 amide bonds. The van der Waals surface area contributed by atoms with Gasteiger partial charge in [-0.15, -0.1) is 10.2 Å². The lowest BCUT2D eigenvalue weighted by atomic mass is 10.2. The minimum absolute atomic E-state index is 0.441. The van der Waals surface area contributed by atoms with Crippen molar-refractivity contribution in [2.45, 2.75) is 17.0 Å². The van der Waals surface area contributed by atoms with Crippen LogP contribution < -0.4 is 0 Å². The fourth-order valence-electron chi connectivity index (χ4n) is 1.09. The minimum Gasteiger partial charge on any atom is -0.416 e. The third-order valence-electron chi connectivity index (χ3n) is 1.77. The van der Waals surface area contributed by atoms with Gasteiger partial charge in [-0.25, -0.2) is 0 Å². The summed E-state index contributed by atoms with van der Waals surface area (Å²) in [5.41, 5.74) is 0.579. The fourth-order valence-corrected chi connectivity index (χ4v) is 2.24. The zero-order chi connectivity index (χ0) is 11.5. The highest BCUT2D eigenvalue weighted by molar-refractivity contribution is 9.10. The van der Waals surface area contributed by atoms with Crippen molar-refractivity contribution >= 4 is 27.7 Å². The van der Waals surface area contributed by atoms with E-state index in [4.69, 9.17) is 9.68 Å². The molecule has 0 radical (unpaired) electrons. The zero-order valence-electron chi connectivity index (χ0n) is 8.27. The van der Waals surface area contributed by atoms with Crippen molar-refractivity contribution in [3.63, 3.8) is 0 Å². The number of benzene rings is 1. The van der Waals surface area contributed by atoms with Crippen LogP contribution in [0.15, 0.2) is 37.2 Å². The van der Waals surface area contributed by atoms with Crippen LogP contribution >= 0.6 is 27.7 Å². The first-order valence-corrected chi connectivity index (χ1v) is 5.97. The molecule has 0 atom stereocenters. The number of aromatic nitrogens is 2. The van der Waals surface area contributed by atoms with E-state index in [9.17, 15) is 0 Å². The number of nitrogens with zero attached hydrogens (tertiary/aromatic N) is 3. The standard InChI is InChI=1S/C10H6BrN3OS/c1-6-13-14-10(15-6)16-9-3-2-8(11)4-7(9)5-12/h2-4H,1H3. The van der Waals surface area contributed by atoms with Crippen molar-refractivity contribution in [1.82, 2.24) is 10.2 Å². The van der Waals surface area contributed by atoms with Gasteiger partial charge in [-0.1, -0.05) is 15.9 Å². The van der Waals surface area contributed by atoms with Crippen LogP contribution in [0.3, 0.4) is 0 Å². The third kappa shape index (κ3) is 2.43. The molecule has 0 bridgehead atoms. The summed E-state index contributed by atoms with van der Waals surface area (Å²) < 4.78 is 6.11. The Bertz CT molecular complexity index is 561. The second kappa shape index (κ2) is 4.68. The second-order valence-corrected chi connectivity index (χ2v) is 4.85. The molecule has 1 heterocycles. The molecule has 4 nitrogen and oxygen atoms in total. The molecule has 6 heteroatoms. The molecular weight excluding hydrogens is 290 g/mol. The molecule has 0 fully saturated rings. The van der Waals surface area contributed by atoms with Crippen molar-refractivity contribution in [1.29, 1.82) is 5.26 Å². The summed E-state index contributed by atoms with van der Waals surface area (Å²) in [5.74, 6) is 0.512. The predicted molar refractivity (Wildman–Crippen MR) is 62.0 cm³/mol. The summed E-state index contributed by atoms with van der Waals surface area (Å²) in [4.78, 5) is 0.800. The average molecular weight is 296 g/mol. The van der Waals surface area contributed by atoms with Gasteiger partial charge in [-0.05, 0) is 30.0 Å². The van der Waals surface area contributed by atoms with Gasteiger partial charge in [-0.3, -0.25) is 0 Å². The predicted octanol–water partition coefficient (Wildman–Crippen LogP) is 3.16. The maximum absolute atomic E-state index is 8.98. The summed E-state index contributed by atoms with van der Waals surface area (Å²) in [6, 6.07) is 7.59. The topological polar surface area (TPSA) is 62.7 Å². The van der Waals surface area contributed by atoms with Crippen molar-refractivity contribution in [2.24, 2.45) is 0 Å². The molecule has 0 aliphatic rings. The minimum atomic E-state index is 0.441. The molecule has 0 saturated carbocycles. The van der Waals surface area contributed by atoms with E-state index in [1.54, 1.807) is 13.0 Å². The van der Waals surface area contributed by atoms with Crippen LogP contribution in [-0.2, 0) is 0 Å². The number of aryl methyl sites for hydroxylation is 1. The Balaban J connectivity index is 2.31. The Kier molecular flexibility index (Phi) is 3.27. The maximum atomic E-state index is 8.98. The van der Waals surface area contributed by atoms with Gasteiger partial charge in [0.05, 0.1) is 5.56 Å². The first kappa shape index (κ1) is 11.2. The van der Waals surface area contributed by atoms with Crippen LogP contribution in [-0.4, -0.2) is 10.2 Å². The lowest BCUT2D eigenvalue weighted by Crippen LogP contribution is -1.81. The Hall–Kier alpha value is -1.32. The Morgan fingerprint density at radius 1 is 1.44 bits per heavy atom. The van der Waals surface area contributed by atoms with E-state index in [-0.39, 0.29) is 0 Å². The van der Waals surface area contributed by atoms with Gasteiger partial charge in [0, 0.05) is 16.3 Å². The largest absolute Gasteiger partial charge is 0.416 e. The van der Waals surface area contributed by atoms with E-state index < -0.39 is 0 Å². The molecule has 0 aliphatic carbocycles. The van der Waals surface area contributed by atoms with Gasteiger partial charge in [0.1, 0.15) is 6.07 Å². The number of hydrogen-bond donors (Lipinski definition) is 0. The molecule has 0 spiro atoms. The van der Waals surface area contributed by atoms with Crippen molar-refractivity contribution in [2.75, 3.05) is 0 Å². The summed E-state index contributed by atoms with van der Waals surface area (Å²) >= 11 is 4.60. The van der Waals surface area contributed by atoms with E-state index in [0.717, 1.165) is 9.37 Å². The normalized spacial score (nSPS) is 10.1. The number of nitriles is 1. The monoisotopic (exact) mass is 295 g/mol. The lowest BCUT2D eigenvalue weighted by Gasteiger charge is -1.99. The average Bonchev–Trinajstić information content (AvgIpc) is 2.67. The van der Waals surface area contributed by atoms with Crippen LogP contribution in [0.5, 0.6) is 0 Å². The molecular formula is C10H6BrN3OS. The lowest BCUT2D eigenvalue weighted by molar-refractivity contribution is 0.429. The molecule has 0 N–H and O–H groups in total. The molecule has 16 heavy (non-hydrogen) atoms. The molecule has 1 aromatic carbocycles. The van der Waals surface area contributed by atoms with Crippen molar-refractivity contribution < 1.29 is 4.42 Å². The van der Waals surface area contributed by atoms with E-state index in [2.05, 4.69) is 32.2 Å². The molecule has 80 valence electrons. The molecule has 0 aliphatic heterocycles. The molecule has 2 aromatic rings. The maximum Gasteiger partial charge on any atom is 0.281 e. The SMILES string of the molecule is Cc1nnc(Sc2ccc(Br)cc2C#N)o1. The first-order valence-electron chi connectivity index (χ1n) is 4.36. The van der Waals surface area contributed by atoms with Gasteiger partial charge in [-0.2, -0.15) is 5.26 Å². The fraction of sp³-hybridized carbons (Fsp3) is 0.100. The quantitative estimate of drug-likeness (QED) is 0.851.